The van der Waals surface area contributed by atoms with E-state index in [0.717, 1.165) is 37.8 Å². The van der Waals surface area contributed by atoms with E-state index >= 15 is 0 Å². The van der Waals surface area contributed by atoms with Crippen molar-refractivity contribution in [2.24, 2.45) is 0 Å². The predicted molar refractivity (Wildman–Crippen MR) is 120 cm³/mol. The van der Waals surface area contributed by atoms with Crippen molar-refractivity contribution in [2.75, 3.05) is 44.5 Å². The molecule has 162 valence electrons. The quantitative estimate of drug-likeness (QED) is 0.541. The second kappa shape index (κ2) is 10.4. The molecule has 2 aromatic carbocycles. The smallest absolute Gasteiger partial charge is 0.234 e. The van der Waals surface area contributed by atoms with Crippen LogP contribution >= 0.6 is 11.8 Å². The number of para-hydroxylation sites is 3. The molecule has 0 radical (unpaired) electrons. The van der Waals surface area contributed by atoms with Crippen LogP contribution < -0.4 is 10.1 Å². The average molecular weight is 440 g/mol. The van der Waals surface area contributed by atoms with E-state index in [-0.39, 0.29) is 11.7 Å². The summed E-state index contributed by atoms with van der Waals surface area (Å²) in [7, 11) is 1.58. The van der Waals surface area contributed by atoms with E-state index in [1.165, 1.54) is 11.8 Å². The van der Waals surface area contributed by atoms with Crippen LogP contribution in [0.25, 0.3) is 5.69 Å². The Morgan fingerprint density at radius 1 is 1.10 bits per heavy atom. The zero-order valence-corrected chi connectivity index (χ0v) is 18.2. The first-order valence-corrected chi connectivity index (χ1v) is 11.1. The minimum atomic E-state index is -0.133. The Morgan fingerprint density at radius 3 is 2.61 bits per heavy atom. The summed E-state index contributed by atoms with van der Waals surface area (Å²) in [5.41, 5.74) is 1.62. The molecule has 1 amide bonds. The zero-order chi connectivity index (χ0) is 21.5. The molecule has 0 saturated carbocycles. The van der Waals surface area contributed by atoms with Crippen molar-refractivity contribution < 1.29 is 14.3 Å². The maximum Gasteiger partial charge on any atom is 0.234 e. The molecule has 0 spiro atoms. The number of anilines is 1. The maximum absolute atomic E-state index is 12.6. The van der Waals surface area contributed by atoms with Gasteiger partial charge in [-0.15, -0.1) is 10.2 Å². The largest absolute Gasteiger partial charge is 0.495 e. The highest BCUT2D eigenvalue weighted by molar-refractivity contribution is 7.99. The number of methoxy groups -OCH3 is 1. The van der Waals surface area contributed by atoms with Crippen molar-refractivity contribution in [2.45, 2.75) is 11.7 Å². The van der Waals surface area contributed by atoms with Crippen molar-refractivity contribution in [3.05, 3.63) is 60.4 Å². The van der Waals surface area contributed by atoms with Gasteiger partial charge in [-0.1, -0.05) is 42.1 Å². The van der Waals surface area contributed by atoms with Crippen LogP contribution in [0.4, 0.5) is 5.69 Å². The van der Waals surface area contributed by atoms with Gasteiger partial charge in [-0.2, -0.15) is 0 Å². The summed E-state index contributed by atoms with van der Waals surface area (Å²) in [5, 5.41) is 12.4. The van der Waals surface area contributed by atoms with E-state index in [9.17, 15) is 4.79 Å². The van der Waals surface area contributed by atoms with Gasteiger partial charge >= 0.3 is 0 Å². The third-order valence-electron chi connectivity index (χ3n) is 4.90. The number of hydrogen-bond donors (Lipinski definition) is 1. The van der Waals surface area contributed by atoms with E-state index in [0.29, 0.717) is 23.1 Å². The third-order valence-corrected chi connectivity index (χ3v) is 5.83. The molecule has 31 heavy (non-hydrogen) atoms. The number of aromatic nitrogens is 3. The molecule has 1 aromatic heterocycles. The van der Waals surface area contributed by atoms with Gasteiger partial charge in [0.2, 0.25) is 5.91 Å². The number of amides is 1. The second-order valence-corrected chi connectivity index (χ2v) is 7.94. The molecule has 1 fully saturated rings. The van der Waals surface area contributed by atoms with E-state index in [1.54, 1.807) is 7.11 Å². The molecule has 9 heteroatoms. The molecular weight excluding hydrogens is 414 g/mol. The van der Waals surface area contributed by atoms with Gasteiger partial charge in [0.05, 0.1) is 38.3 Å². The first kappa shape index (κ1) is 21.4. The molecule has 4 rings (SSSR count). The van der Waals surface area contributed by atoms with Crippen LogP contribution in [0, 0.1) is 0 Å². The molecule has 1 aliphatic heterocycles. The topological polar surface area (TPSA) is 81.5 Å². The van der Waals surface area contributed by atoms with E-state index in [4.69, 9.17) is 9.47 Å². The predicted octanol–water partition coefficient (Wildman–Crippen LogP) is 2.84. The number of hydrogen-bond acceptors (Lipinski definition) is 7. The van der Waals surface area contributed by atoms with E-state index in [1.807, 2.05) is 59.2 Å². The molecule has 1 saturated heterocycles. The molecular formula is C22H25N5O3S. The van der Waals surface area contributed by atoms with Crippen LogP contribution in [0.15, 0.2) is 59.8 Å². The Bertz CT molecular complexity index is 1010. The van der Waals surface area contributed by atoms with Crippen molar-refractivity contribution >= 4 is 23.4 Å². The summed E-state index contributed by atoms with van der Waals surface area (Å²) in [5.74, 6) is 1.55. The lowest BCUT2D eigenvalue weighted by atomic mass is 10.3. The number of ether oxygens (including phenoxy) is 2. The van der Waals surface area contributed by atoms with Crippen LogP contribution in [0.2, 0.25) is 0 Å². The van der Waals surface area contributed by atoms with Gasteiger partial charge in [0.15, 0.2) is 11.0 Å². The summed E-state index contributed by atoms with van der Waals surface area (Å²) in [6, 6.07) is 17.3. The van der Waals surface area contributed by atoms with Crippen LogP contribution in [-0.4, -0.2) is 64.7 Å². The van der Waals surface area contributed by atoms with Crippen LogP contribution in [0.5, 0.6) is 5.75 Å². The highest BCUT2D eigenvalue weighted by Gasteiger charge is 2.19. The number of carbonyl (C=O) groups excluding carboxylic acids is 1. The number of carbonyl (C=O) groups is 1. The molecule has 1 aliphatic rings. The summed E-state index contributed by atoms with van der Waals surface area (Å²) in [6.45, 7) is 3.87. The minimum Gasteiger partial charge on any atom is -0.495 e. The lowest BCUT2D eigenvalue weighted by Gasteiger charge is -2.26. The summed E-state index contributed by atoms with van der Waals surface area (Å²) in [6.07, 6.45) is 0. The van der Waals surface area contributed by atoms with Gasteiger partial charge in [0.1, 0.15) is 5.75 Å². The Labute approximate surface area is 185 Å². The molecule has 0 aliphatic carbocycles. The van der Waals surface area contributed by atoms with E-state index in [2.05, 4.69) is 20.4 Å². The molecule has 0 atom stereocenters. The number of nitrogens with one attached hydrogen (secondary N) is 1. The SMILES string of the molecule is COc1ccccc1NC(=O)CSc1nnc(CN2CCOCC2)n1-c1ccccc1. The highest BCUT2D eigenvalue weighted by atomic mass is 32.2. The average Bonchev–Trinajstić information content (AvgIpc) is 3.21. The Hall–Kier alpha value is -2.88. The summed E-state index contributed by atoms with van der Waals surface area (Å²) < 4.78 is 12.8. The van der Waals surface area contributed by atoms with Crippen molar-refractivity contribution in [3.63, 3.8) is 0 Å². The van der Waals surface area contributed by atoms with Gasteiger partial charge < -0.3 is 14.8 Å². The van der Waals surface area contributed by atoms with Crippen LogP contribution in [0.3, 0.4) is 0 Å². The lowest BCUT2D eigenvalue weighted by molar-refractivity contribution is -0.113. The standard InChI is InChI=1S/C22H25N5O3S/c1-29-19-10-6-5-9-18(19)23-21(28)16-31-22-25-24-20(15-26-11-13-30-14-12-26)27(22)17-7-3-2-4-8-17/h2-10H,11-16H2,1H3,(H,23,28). The van der Waals surface area contributed by atoms with Gasteiger partial charge in [0.25, 0.3) is 0 Å². The monoisotopic (exact) mass is 439 g/mol. The zero-order valence-electron chi connectivity index (χ0n) is 17.4. The van der Waals surface area contributed by atoms with E-state index < -0.39 is 0 Å². The van der Waals surface area contributed by atoms with Crippen molar-refractivity contribution in [1.82, 2.24) is 19.7 Å². The number of morpholine rings is 1. The third kappa shape index (κ3) is 5.43. The second-order valence-electron chi connectivity index (χ2n) is 7.00. The van der Waals surface area contributed by atoms with Crippen LogP contribution in [-0.2, 0) is 16.1 Å². The van der Waals surface area contributed by atoms with Gasteiger partial charge in [-0.3, -0.25) is 14.3 Å². The molecule has 3 aromatic rings. The maximum atomic E-state index is 12.6. The fraction of sp³-hybridized carbons (Fsp3) is 0.318. The van der Waals surface area contributed by atoms with Gasteiger partial charge in [-0.25, -0.2) is 0 Å². The lowest BCUT2D eigenvalue weighted by Crippen LogP contribution is -2.36. The number of rotatable bonds is 8. The summed E-state index contributed by atoms with van der Waals surface area (Å²) >= 11 is 1.36. The Morgan fingerprint density at radius 2 is 1.84 bits per heavy atom. The Kier molecular flexibility index (Phi) is 7.18. The van der Waals surface area contributed by atoms with Crippen molar-refractivity contribution in [1.29, 1.82) is 0 Å². The molecule has 0 bridgehead atoms. The molecule has 1 N–H and O–H groups in total. The molecule has 0 unspecified atom stereocenters. The van der Waals surface area contributed by atoms with Crippen LogP contribution in [0.1, 0.15) is 5.82 Å². The highest BCUT2D eigenvalue weighted by Crippen LogP contribution is 2.25. The minimum absolute atomic E-state index is 0.133. The number of thioether (sulfide) groups is 1. The molecule has 8 nitrogen and oxygen atoms in total. The number of nitrogens with zero attached hydrogens (tertiary/aromatic N) is 4. The fourth-order valence-electron chi connectivity index (χ4n) is 3.36. The summed E-state index contributed by atoms with van der Waals surface area (Å²) in [4.78, 5) is 14.9. The molecule has 2 heterocycles. The first-order chi connectivity index (χ1) is 15.2. The van der Waals surface area contributed by atoms with Gasteiger partial charge in [0, 0.05) is 18.8 Å². The first-order valence-electron chi connectivity index (χ1n) is 10.1. The fourth-order valence-corrected chi connectivity index (χ4v) is 4.13. The van der Waals surface area contributed by atoms with Gasteiger partial charge in [-0.05, 0) is 24.3 Å². The van der Waals surface area contributed by atoms with Crippen molar-refractivity contribution in [3.8, 4) is 11.4 Å². The normalized spacial score (nSPS) is 14.4. The number of benzene rings is 2. The Balaban J connectivity index is 1.49.